The Bertz CT molecular complexity index is 1960. The van der Waals surface area contributed by atoms with E-state index in [1.807, 2.05) is 30.3 Å². The minimum Gasteiger partial charge on any atom is -0.492 e. The van der Waals surface area contributed by atoms with Gasteiger partial charge in [0.15, 0.2) is 0 Å². The third kappa shape index (κ3) is 9.88. The van der Waals surface area contributed by atoms with Gasteiger partial charge < -0.3 is 15.0 Å². The highest BCUT2D eigenvalue weighted by Gasteiger charge is 2.24. The quantitative estimate of drug-likeness (QED) is 0.107. The van der Waals surface area contributed by atoms with Gasteiger partial charge in [0.1, 0.15) is 23.7 Å². The van der Waals surface area contributed by atoms with Crippen LogP contribution in [0, 0.1) is 5.92 Å². The van der Waals surface area contributed by atoms with Gasteiger partial charge in [-0.3, -0.25) is 14.6 Å². The molecule has 0 saturated heterocycles. The zero-order valence-electron chi connectivity index (χ0n) is 31.9. The number of fused-ring (bicyclic) bond motifs is 1. The summed E-state index contributed by atoms with van der Waals surface area (Å²) in [4.78, 5) is 38.8. The van der Waals surface area contributed by atoms with Gasteiger partial charge in [0.05, 0.1) is 0 Å². The van der Waals surface area contributed by atoms with Crippen LogP contribution in [-0.4, -0.2) is 47.1 Å². The molecule has 5 rings (SSSR count). The van der Waals surface area contributed by atoms with Crippen molar-refractivity contribution in [3.05, 3.63) is 118 Å². The van der Waals surface area contributed by atoms with E-state index in [2.05, 4.69) is 117 Å². The number of hydrogen-bond donors (Lipinski definition) is 2. The standard InChI is InChI=1S/C44H55N5O3/c1-8-48(29-33-16-10-9-11-17-33)23-24-52-37-20-12-18-34(25-37)36-26-38(31(4)5)41(39(27-36)32(6)7)46-44(51)49(22-14-15-30(2)3)40-28-35-19-13-21-45-42(35)47-43(40)50/h9-13,16-21,25-28,30-32H,8,14-15,22-24,29H2,1-7H3,(H,46,51)(H,45,47,50). The van der Waals surface area contributed by atoms with E-state index in [0.717, 1.165) is 71.6 Å². The first-order chi connectivity index (χ1) is 25.0. The van der Waals surface area contributed by atoms with Gasteiger partial charge in [0.25, 0.3) is 5.56 Å². The maximum absolute atomic E-state index is 14.3. The second-order valence-electron chi connectivity index (χ2n) is 14.6. The molecular weight excluding hydrogens is 647 g/mol. The first-order valence-electron chi connectivity index (χ1n) is 18.8. The molecule has 8 nitrogen and oxygen atoms in total. The molecule has 0 aliphatic heterocycles. The van der Waals surface area contributed by atoms with Crippen LogP contribution in [-0.2, 0) is 6.54 Å². The number of nitrogens with one attached hydrogen (secondary N) is 2. The molecule has 2 heterocycles. The Kier molecular flexibility index (Phi) is 13.3. The Labute approximate surface area is 309 Å². The highest BCUT2D eigenvalue weighted by Crippen LogP contribution is 2.38. The molecule has 0 radical (unpaired) electrons. The lowest BCUT2D eigenvalue weighted by Crippen LogP contribution is -2.39. The van der Waals surface area contributed by atoms with Crippen molar-refractivity contribution in [1.82, 2.24) is 14.9 Å². The fraction of sp³-hybridized carbons (Fsp3) is 0.386. The lowest BCUT2D eigenvalue weighted by molar-refractivity contribution is 0.210. The number of H-pyrrole nitrogens is 1. The minimum atomic E-state index is -0.338. The van der Waals surface area contributed by atoms with E-state index >= 15 is 0 Å². The molecule has 0 spiro atoms. The monoisotopic (exact) mass is 701 g/mol. The topological polar surface area (TPSA) is 90.6 Å². The van der Waals surface area contributed by atoms with Gasteiger partial charge in [-0.2, -0.15) is 0 Å². The van der Waals surface area contributed by atoms with E-state index in [4.69, 9.17) is 4.74 Å². The molecule has 2 N–H and O–H groups in total. The second-order valence-corrected chi connectivity index (χ2v) is 14.6. The Morgan fingerprint density at radius 1 is 0.846 bits per heavy atom. The van der Waals surface area contributed by atoms with Crippen LogP contribution in [0.15, 0.2) is 95.9 Å². The molecule has 0 saturated carbocycles. The van der Waals surface area contributed by atoms with Gasteiger partial charge in [-0.1, -0.05) is 90.9 Å². The van der Waals surface area contributed by atoms with Crippen LogP contribution in [0.4, 0.5) is 16.2 Å². The molecule has 0 fully saturated rings. The summed E-state index contributed by atoms with van der Waals surface area (Å²) >= 11 is 0. The molecule has 52 heavy (non-hydrogen) atoms. The van der Waals surface area contributed by atoms with Crippen LogP contribution in [0.5, 0.6) is 5.75 Å². The van der Waals surface area contributed by atoms with Crippen molar-refractivity contribution >= 4 is 28.4 Å². The predicted octanol–water partition coefficient (Wildman–Crippen LogP) is 10.2. The Morgan fingerprint density at radius 2 is 1.58 bits per heavy atom. The summed E-state index contributed by atoms with van der Waals surface area (Å²) in [6.45, 7) is 18.8. The number of urea groups is 1. The maximum Gasteiger partial charge on any atom is 0.326 e. The van der Waals surface area contributed by atoms with E-state index < -0.39 is 0 Å². The van der Waals surface area contributed by atoms with Crippen molar-refractivity contribution in [2.75, 3.05) is 36.5 Å². The fourth-order valence-electron chi connectivity index (χ4n) is 6.55. The number of carbonyl (C=O) groups is 1. The Hall–Kier alpha value is -4.95. The molecule has 0 unspecified atom stereocenters. The zero-order valence-corrected chi connectivity index (χ0v) is 31.9. The summed E-state index contributed by atoms with van der Waals surface area (Å²) in [6, 6.07) is 28.3. The van der Waals surface area contributed by atoms with Crippen molar-refractivity contribution in [3.63, 3.8) is 0 Å². The van der Waals surface area contributed by atoms with E-state index in [1.54, 1.807) is 17.2 Å². The van der Waals surface area contributed by atoms with Crippen LogP contribution in [0.3, 0.4) is 0 Å². The molecule has 5 aromatic rings. The van der Waals surface area contributed by atoms with Gasteiger partial charge in [-0.15, -0.1) is 0 Å². The third-order valence-electron chi connectivity index (χ3n) is 9.51. The normalized spacial score (nSPS) is 11.6. The number of aromatic nitrogens is 2. The largest absolute Gasteiger partial charge is 0.492 e. The molecule has 2 amide bonds. The van der Waals surface area contributed by atoms with Crippen molar-refractivity contribution in [1.29, 1.82) is 0 Å². The highest BCUT2D eigenvalue weighted by atomic mass is 16.5. The number of hydrogen-bond acceptors (Lipinski definition) is 5. The van der Waals surface area contributed by atoms with Crippen LogP contribution < -0.4 is 20.5 Å². The number of nitrogens with zero attached hydrogens (tertiary/aromatic N) is 3. The smallest absolute Gasteiger partial charge is 0.326 e. The Balaban J connectivity index is 1.41. The number of rotatable bonds is 16. The van der Waals surface area contributed by atoms with E-state index in [0.29, 0.717) is 30.4 Å². The first kappa shape index (κ1) is 38.3. The summed E-state index contributed by atoms with van der Waals surface area (Å²) in [5, 5.41) is 4.07. The number of ether oxygens (including phenoxy) is 1. The molecular formula is C44H55N5O3. The van der Waals surface area contributed by atoms with Crippen LogP contribution in [0.2, 0.25) is 0 Å². The Morgan fingerprint density at radius 3 is 2.25 bits per heavy atom. The number of pyridine rings is 2. The van der Waals surface area contributed by atoms with Crippen molar-refractivity contribution in [3.8, 4) is 16.9 Å². The molecule has 2 aromatic heterocycles. The molecule has 0 bridgehead atoms. The number of amides is 2. The van der Waals surface area contributed by atoms with Gasteiger partial charge in [-0.25, -0.2) is 9.78 Å². The minimum absolute atomic E-state index is 0.126. The van der Waals surface area contributed by atoms with E-state index in [1.165, 1.54) is 5.56 Å². The molecule has 274 valence electrons. The van der Waals surface area contributed by atoms with Crippen LogP contribution in [0.1, 0.15) is 89.8 Å². The molecule has 0 aliphatic rings. The number of anilines is 2. The maximum atomic E-state index is 14.3. The van der Waals surface area contributed by atoms with Crippen molar-refractivity contribution in [2.45, 2.75) is 79.7 Å². The lowest BCUT2D eigenvalue weighted by Gasteiger charge is -2.27. The predicted molar refractivity (Wildman–Crippen MR) is 216 cm³/mol. The van der Waals surface area contributed by atoms with Crippen molar-refractivity contribution in [2.24, 2.45) is 5.92 Å². The molecule has 0 atom stereocenters. The fourth-order valence-corrected chi connectivity index (χ4v) is 6.55. The number of benzene rings is 3. The molecule has 8 heteroatoms. The highest BCUT2D eigenvalue weighted by molar-refractivity contribution is 6.03. The average Bonchev–Trinajstić information content (AvgIpc) is 3.13. The number of carbonyl (C=O) groups excluding carboxylic acids is 1. The van der Waals surface area contributed by atoms with Gasteiger partial charge in [0, 0.05) is 36.9 Å². The van der Waals surface area contributed by atoms with Crippen molar-refractivity contribution < 1.29 is 9.53 Å². The molecule has 0 aliphatic carbocycles. The summed E-state index contributed by atoms with van der Waals surface area (Å²) in [6.07, 6.45) is 3.35. The first-order valence-corrected chi connectivity index (χ1v) is 18.8. The summed E-state index contributed by atoms with van der Waals surface area (Å²) in [5.74, 6) is 1.56. The summed E-state index contributed by atoms with van der Waals surface area (Å²) in [7, 11) is 0. The second kappa shape index (κ2) is 18.0. The summed E-state index contributed by atoms with van der Waals surface area (Å²) in [5.41, 5.74) is 6.79. The van der Waals surface area contributed by atoms with Gasteiger partial charge in [0.2, 0.25) is 0 Å². The lowest BCUT2D eigenvalue weighted by atomic mass is 9.88. The SMILES string of the molecule is CCN(CCOc1cccc(-c2cc(C(C)C)c(NC(=O)N(CCCC(C)C)c3cc4cccnc4[nH]c3=O)c(C(C)C)c2)c1)Cc1ccccc1. The zero-order chi connectivity index (χ0) is 37.2. The summed E-state index contributed by atoms with van der Waals surface area (Å²) < 4.78 is 6.29. The van der Waals surface area contributed by atoms with Crippen LogP contribution >= 0.6 is 0 Å². The number of likely N-dealkylation sites (N-methyl/N-ethyl adjacent to an activating group) is 1. The van der Waals surface area contributed by atoms with E-state index in [-0.39, 0.29) is 23.4 Å². The van der Waals surface area contributed by atoms with Crippen LogP contribution in [0.25, 0.3) is 22.2 Å². The van der Waals surface area contributed by atoms with Gasteiger partial charge >= 0.3 is 6.03 Å². The number of aromatic amines is 1. The average molecular weight is 702 g/mol. The van der Waals surface area contributed by atoms with Gasteiger partial charge in [-0.05, 0) is 107 Å². The third-order valence-corrected chi connectivity index (χ3v) is 9.51. The molecule has 3 aromatic carbocycles. The van der Waals surface area contributed by atoms with E-state index in [9.17, 15) is 9.59 Å².